The molecule has 14 nitrogen and oxygen atoms in total. The Morgan fingerprint density at radius 1 is 0.977 bits per heavy atom. The van der Waals surface area contributed by atoms with Gasteiger partial charge in [0.2, 0.25) is 12.4 Å². The van der Waals surface area contributed by atoms with E-state index in [-0.39, 0.29) is 10.8 Å². The van der Waals surface area contributed by atoms with Crippen molar-refractivity contribution in [2.75, 3.05) is 13.7 Å². The van der Waals surface area contributed by atoms with E-state index >= 15 is 0 Å². The Morgan fingerprint density at radius 2 is 1.53 bits per heavy atom. The van der Waals surface area contributed by atoms with Gasteiger partial charge in [-0.15, -0.1) is 0 Å². The highest BCUT2D eigenvalue weighted by Crippen LogP contribution is 2.37. The number of methoxy groups -OCH3 is 1. The second-order valence-electron chi connectivity index (χ2n) is 11.2. The average molecular weight is 626 g/mol. The van der Waals surface area contributed by atoms with E-state index in [4.69, 9.17) is 32.8 Å². The summed E-state index contributed by atoms with van der Waals surface area (Å²) in [5, 5.41) is 12.0. The van der Waals surface area contributed by atoms with E-state index in [1.807, 2.05) is 0 Å². The number of hydrogen-bond acceptors (Lipinski definition) is 13. The third kappa shape index (κ3) is 9.59. The molecule has 0 spiro atoms. The van der Waals surface area contributed by atoms with Gasteiger partial charge in [-0.25, -0.2) is 4.79 Å². The zero-order chi connectivity index (χ0) is 32.7. The van der Waals surface area contributed by atoms with Crippen LogP contribution in [0.1, 0.15) is 47.1 Å². The molecule has 0 saturated carbocycles. The lowest BCUT2D eigenvalue weighted by Crippen LogP contribution is -2.64. The van der Waals surface area contributed by atoms with Gasteiger partial charge < -0.3 is 32.8 Å². The van der Waals surface area contributed by atoms with Gasteiger partial charge in [-0.2, -0.15) is 0 Å². The molecule has 0 aliphatic carbocycles. The number of nitro benzene ring substituents is 1. The average Bonchev–Trinajstić information content (AvgIpc) is 2.88. The van der Waals surface area contributed by atoms with Crippen molar-refractivity contribution in [1.29, 1.82) is 0 Å². The summed E-state index contributed by atoms with van der Waals surface area (Å²) in [6.07, 6.45) is -4.85. The maximum atomic E-state index is 12.6. The van der Waals surface area contributed by atoms with Gasteiger partial charge in [0.1, 0.15) is 0 Å². The maximum Gasteiger partial charge on any atom is 0.339 e. The van der Waals surface area contributed by atoms with Crippen molar-refractivity contribution in [3.05, 3.63) is 40.0 Å². The first-order chi connectivity index (χ1) is 19.9. The first kappa shape index (κ1) is 35.4. The Bertz CT molecular complexity index is 1240. The molecule has 43 heavy (non-hydrogen) atoms. The smallest absolute Gasteiger partial charge is 0.339 e. The summed E-state index contributed by atoms with van der Waals surface area (Å²) in [6.45, 7) is 14.0. The summed E-state index contributed by atoms with van der Waals surface area (Å²) in [7, 11) is -0.951. The highest BCUT2D eigenvalue weighted by Gasteiger charge is 2.56. The second-order valence-corrected chi connectivity index (χ2v) is 16.1. The van der Waals surface area contributed by atoms with E-state index in [1.165, 1.54) is 18.2 Å². The quantitative estimate of drug-likeness (QED) is 0.114. The number of carbonyl (C=O) groups excluding carboxylic acids is 4. The standard InChI is InChI=1S/C28H39NO13Si/c1-16(30)38-22-23(39-17(2)31)25(40-18(3)32)27(42-24(22)26(33)36-7)41-21-13-12-19(15-20(21)29(34)35)11-10-14-37-43(8,9)28(4,5)6/h10-13,15,22-25,27H,14H2,1-9H3/b11-10+/t22-,23-,24-,25+,27+/m0/s1. The summed E-state index contributed by atoms with van der Waals surface area (Å²) in [4.78, 5) is 59.8. The number of benzene rings is 1. The van der Waals surface area contributed by atoms with Crippen molar-refractivity contribution in [2.45, 2.75) is 90.4 Å². The first-order valence-corrected chi connectivity index (χ1v) is 16.3. The van der Waals surface area contributed by atoms with E-state index in [0.29, 0.717) is 12.2 Å². The molecule has 1 aromatic rings. The molecule has 0 radical (unpaired) electrons. The van der Waals surface area contributed by atoms with Crippen LogP contribution in [0, 0.1) is 10.1 Å². The van der Waals surface area contributed by atoms with E-state index in [9.17, 15) is 29.3 Å². The maximum absolute atomic E-state index is 12.6. The minimum absolute atomic E-state index is 0.0172. The fraction of sp³-hybridized carbons (Fsp3) is 0.571. The molecular weight excluding hydrogens is 586 g/mol. The Balaban J connectivity index is 2.46. The molecule has 1 aliphatic heterocycles. The van der Waals surface area contributed by atoms with Crippen molar-refractivity contribution in [2.24, 2.45) is 0 Å². The predicted octanol–water partition coefficient (Wildman–Crippen LogP) is 3.70. The van der Waals surface area contributed by atoms with Crippen LogP contribution in [0.2, 0.25) is 18.1 Å². The number of hydrogen-bond donors (Lipinski definition) is 0. The van der Waals surface area contributed by atoms with Gasteiger partial charge in [0, 0.05) is 26.8 Å². The van der Waals surface area contributed by atoms with E-state index in [1.54, 1.807) is 12.2 Å². The van der Waals surface area contributed by atoms with Gasteiger partial charge in [-0.3, -0.25) is 24.5 Å². The Labute approximate surface area is 250 Å². The largest absolute Gasteiger partial charge is 0.467 e. The number of nitro groups is 1. The van der Waals surface area contributed by atoms with Crippen LogP contribution in [0.4, 0.5) is 5.69 Å². The molecule has 1 fully saturated rings. The van der Waals surface area contributed by atoms with Gasteiger partial charge in [-0.05, 0) is 29.8 Å². The fourth-order valence-electron chi connectivity index (χ4n) is 3.84. The monoisotopic (exact) mass is 625 g/mol. The molecule has 238 valence electrons. The van der Waals surface area contributed by atoms with Gasteiger partial charge in [0.15, 0.2) is 32.4 Å². The van der Waals surface area contributed by atoms with Crippen LogP contribution in [-0.4, -0.2) is 81.5 Å². The molecule has 1 aromatic carbocycles. The van der Waals surface area contributed by atoms with Crippen molar-refractivity contribution in [3.8, 4) is 5.75 Å². The summed E-state index contributed by atoms with van der Waals surface area (Å²) in [5.74, 6) is -3.95. The molecule has 2 rings (SSSR count). The highest BCUT2D eigenvalue weighted by atomic mass is 28.4. The molecule has 1 aliphatic rings. The molecule has 1 saturated heterocycles. The zero-order valence-electron chi connectivity index (χ0n) is 25.7. The lowest BCUT2D eigenvalue weighted by molar-refractivity contribution is -0.387. The minimum Gasteiger partial charge on any atom is -0.467 e. The Hall–Kier alpha value is -3.82. The van der Waals surface area contributed by atoms with Crippen LogP contribution < -0.4 is 4.74 Å². The van der Waals surface area contributed by atoms with Crippen molar-refractivity contribution >= 4 is 44.0 Å². The number of ether oxygens (including phenoxy) is 6. The summed E-state index contributed by atoms with van der Waals surface area (Å²) < 4.78 is 38.1. The lowest BCUT2D eigenvalue weighted by Gasteiger charge is -2.42. The van der Waals surface area contributed by atoms with Crippen molar-refractivity contribution in [1.82, 2.24) is 0 Å². The fourth-order valence-corrected chi connectivity index (χ4v) is 4.78. The van der Waals surface area contributed by atoms with E-state index < -0.39 is 73.5 Å². The van der Waals surface area contributed by atoms with Crippen LogP contribution >= 0.6 is 0 Å². The summed E-state index contributed by atoms with van der Waals surface area (Å²) >= 11 is 0. The highest BCUT2D eigenvalue weighted by molar-refractivity contribution is 6.74. The van der Waals surface area contributed by atoms with E-state index in [0.717, 1.165) is 27.9 Å². The Kier molecular flexibility index (Phi) is 12.0. The molecule has 0 N–H and O–H groups in total. The van der Waals surface area contributed by atoms with Crippen LogP contribution in [0.5, 0.6) is 5.75 Å². The van der Waals surface area contributed by atoms with Gasteiger partial charge >= 0.3 is 29.6 Å². The first-order valence-electron chi connectivity index (χ1n) is 13.4. The SMILES string of the molecule is COC(=O)[C@H]1O[C@@H](Oc2ccc(/C=C/CO[Si](C)(C)C(C)(C)C)cc2[N+](=O)[O-])[C@H](OC(C)=O)[C@@H](OC(C)=O)[C@@H]1OC(C)=O. The molecule has 0 bridgehead atoms. The molecule has 0 amide bonds. The van der Waals surface area contributed by atoms with Gasteiger partial charge in [0.05, 0.1) is 18.6 Å². The second kappa shape index (κ2) is 14.6. The number of carbonyl (C=O) groups is 4. The van der Waals surface area contributed by atoms with Crippen LogP contribution in [0.3, 0.4) is 0 Å². The van der Waals surface area contributed by atoms with Gasteiger partial charge in [0.25, 0.3) is 0 Å². The summed E-state index contributed by atoms with van der Waals surface area (Å²) in [5.41, 5.74) is -0.00228. The third-order valence-corrected chi connectivity index (χ3v) is 11.4. The lowest BCUT2D eigenvalue weighted by atomic mass is 9.97. The van der Waals surface area contributed by atoms with E-state index in [2.05, 4.69) is 33.9 Å². The molecular formula is C28H39NO13Si. The number of esters is 4. The predicted molar refractivity (Wildman–Crippen MR) is 153 cm³/mol. The molecule has 0 unspecified atom stereocenters. The van der Waals surface area contributed by atoms with Crippen molar-refractivity contribution < 1.29 is 56.9 Å². The molecule has 15 heteroatoms. The molecule has 0 aromatic heterocycles. The van der Waals surface area contributed by atoms with Crippen LogP contribution in [-0.2, 0) is 47.3 Å². The number of rotatable bonds is 11. The molecule has 1 heterocycles. The topological polar surface area (TPSA) is 176 Å². The van der Waals surface area contributed by atoms with Gasteiger partial charge in [-0.1, -0.05) is 39.0 Å². The minimum atomic E-state index is -1.99. The zero-order valence-corrected chi connectivity index (χ0v) is 26.7. The Morgan fingerprint density at radius 3 is 2.05 bits per heavy atom. The summed E-state index contributed by atoms with van der Waals surface area (Å²) in [6, 6.07) is 4.09. The van der Waals surface area contributed by atoms with Crippen molar-refractivity contribution in [3.63, 3.8) is 0 Å². The van der Waals surface area contributed by atoms with Crippen LogP contribution in [0.15, 0.2) is 24.3 Å². The third-order valence-electron chi connectivity index (χ3n) is 6.91. The number of nitrogens with zero attached hydrogens (tertiary/aromatic N) is 1. The van der Waals surface area contributed by atoms with Crippen LogP contribution in [0.25, 0.3) is 6.08 Å². The molecule has 5 atom stereocenters. The normalized spacial score (nSPS) is 22.4.